The molecule has 0 aliphatic carbocycles. The monoisotopic (exact) mass is 552 g/mol. The third kappa shape index (κ3) is 10.9. The molecule has 29 heavy (non-hydrogen) atoms. The fraction of sp³-hybridized carbons (Fsp3) is 0.588. The van der Waals surface area contributed by atoms with E-state index in [9.17, 15) is 21.6 Å². The summed E-state index contributed by atoms with van der Waals surface area (Å²) in [6.07, 6.45) is -4.22. The fourth-order valence-corrected chi connectivity index (χ4v) is 3.08. The molecule has 1 rings (SSSR count). The highest BCUT2D eigenvalue weighted by atomic mass is 127. The van der Waals surface area contributed by atoms with E-state index in [1.54, 1.807) is 13.0 Å². The molecule has 0 atom stereocenters. The van der Waals surface area contributed by atoms with Crippen LogP contribution in [0, 0.1) is 0 Å². The largest absolute Gasteiger partial charge is 0.573 e. The molecule has 0 amide bonds. The van der Waals surface area contributed by atoms with Crippen LogP contribution in [0.3, 0.4) is 0 Å². The number of nitrogens with one attached hydrogen (secondary N) is 2. The topological polar surface area (TPSA) is 83.0 Å². The summed E-state index contributed by atoms with van der Waals surface area (Å²) in [5.41, 5.74) is 0.297. The number of sulfonamides is 1. The van der Waals surface area contributed by atoms with Crippen molar-refractivity contribution in [2.75, 3.05) is 32.4 Å². The zero-order valence-electron chi connectivity index (χ0n) is 16.6. The van der Waals surface area contributed by atoms with Crippen LogP contribution in [-0.4, -0.2) is 57.5 Å². The molecule has 0 saturated heterocycles. The molecule has 7 nitrogen and oxygen atoms in total. The van der Waals surface area contributed by atoms with Crippen LogP contribution in [0.4, 0.5) is 13.2 Å². The highest BCUT2D eigenvalue weighted by molar-refractivity contribution is 14.0. The molecule has 2 N–H and O–H groups in total. The third-order valence-corrected chi connectivity index (χ3v) is 5.59. The Bertz CT molecular complexity index is 746. The van der Waals surface area contributed by atoms with Gasteiger partial charge in [0.2, 0.25) is 10.0 Å². The van der Waals surface area contributed by atoms with Gasteiger partial charge in [0.1, 0.15) is 5.75 Å². The van der Waals surface area contributed by atoms with E-state index < -0.39 is 16.4 Å². The van der Waals surface area contributed by atoms with E-state index in [0.29, 0.717) is 37.6 Å². The molecule has 0 spiro atoms. The van der Waals surface area contributed by atoms with E-state index in [1.165, 1.54) is 29.6 Å². The quantitative estimate of drug-likeness (QED) is 0.202. The summed E-state index contributed by atoms with van der Waals surface area (Å²) in [5.74, 6) is 0.173. The van der Waals surface area contributed by atoms with Crippen LogP contribution in [-0.2, 0) is 16.6 Å². The molecule has 0 bridgehead atoms. The smallest absolute Gasteiger partial charge is 0.405 e. The zero-order chi connectivity index (χ0) is 21.2. The molecule has 1 aromatic rings. The van der Waals surface area contributed by atoms with Crippen molar-refractivity contribution in [3.63, 3.8) is 0 Å². The van der Waals surface area contributed by atoms with E-state index in [0.717, 1.165) is 0 Å². The van der Waals surface area contributed by atoms with E-state index in [1.807, 2.05) is 6.92 Å². The van der Waals surface area contributed by atoms with E-state index >= 15 is 0 Å². The van der Waals surface area contributed by atoms with Gasteiger partial charge in [0.05, 0.1) is 12.3 Å². The van der Waals surface area contributed by atoms with Crippen LogP contribution in [0.25, 0.3) is 0 Å². The van der Waals surface area contributed by atoms with Crippen molar-refractivity contribution in [3.05, 3.63) is 29.8 Å². The van der Waals surface area contributed by atoms with Gasteiger partial charge in [0.25, 0.3) is 0 Å². The number of nitrogens with zero attached hydrogens (tertiary/aromatic N) is 2. The summed E-state index contributed by atoms with van der Waals surface area (Å²) in [7, 11) is -1.70. The van der Waals surface area contributed by atoms with Gasteiger partial charge in [-0.2, -0.15) is 0 Å². The van der Waals surface area contributed by atoms with E-state index in [-0.39, 0.29) is 42.0 Å². The maximum absolute atomic E-state index is 12.5. The summed E-state index contributed by atoms with van der Waals surface area (Å²) in [4.78, 5) is 4.27. The molecule has 0 unspecified atom stereocenters. The van der Waals surface area contributed by atoms with Crippen LogP contribution in [0.5, 0.6) is 5.75 Å². The number of hydrogen-bond donors (Lipinski definition) is 2. The lowest BCUT2D eigenvalue weighted by Crippen LogP contribution is -2.39. The van der Waals surface area contributed by atoms with Crippen molar-refractivity contribution in [3.8, 4) is 5.75 Å². The Morgan fingerprint density at radius 1 is 1.21 bits per heavy atom. The number of guanidine groups is 1. The number of para-hydroxylation sites is 1. The van der Waals surface area contributed by atoms with Gasteiger partial charge in [0.15, 0.2) is 5.96 Å². The van der Waals surface area contributed by atoms with Crippen LogP contribution in [0.2, 0.25) is 0 Å². The molecule has 12 heteroatoms. The van der Waals surface area contributed by atoms with Crippen molar-refractivity contribution in [1.82, 2.24) is 14.9 Å². The highest BCUT2D eigenvalue weighted by Crippen LogP contribution is 2.26. The Morgan fingerprint density at radius 2 is 1.86 bits per heavy atom. The van der Waals surface area contributed by atoms with Crippen molar-refractivity contribution < 1.29 is 26.3 Å². The Morgan fingerprint density at radius 3 is 2.45 bits per heavy atom. The second-order valence-corrected chi connectivity index (χ2v) is 8.22. The minimum atomic E-state index is -4.77. The van der Waals surface area contributed by atoms with Gasteiger partial charge < -0.3 is 15.4 Å². The number of ether oxygens (including phenoxy) is 1. The second kappa shape index (κ2) is 13.1. The summed E-state index contributed by atoms with van der Waals surface area (Å²) >= 11 is 0. The maximum Gasteiger partial charge on any atom is 0.573 e. The van der Waals surface area contributed by atoms with Crippen LogP contribution in [0.15, 0.2) is 29.3 Å². The Labute approximate surface area is 187 Å². The third-order valence-electron chi connectivity index (χ3n) is 3.73. The lowest BCUT2D eigenvalue weighted by atomic mass is 10.2. The lowest BCUT2D eigenvalue weighted by Gasteiger charge is -2.17. The summed E-state index contributed by atoms with van der Waals surface area (Å²) in [6.45, 7) is 4.81. The van der Waals surface area contributed by atoms with E-state index in [2.05, 4.69) is 20.4 Å². The normalized spacial score (nSPS) is 12.4. The molecule has 0 aromatic heterocycles. The van der Waals surface area contributed by atoms with E-state index in [4.69, 9.17) is 0 Å². The Balaban J connectivity index is 0.00000784. The fourth-order valence-electron chi connectivity index (χ4n) is 2.23. The standard InChI is InChI=1S/C17H27F3N4O3S.HI/c1-4-21-16(22-11-8-12-24(3)28(25,26)5-2)23-13-14-9-6-7-10-15(14)27-17(18,19)20;/h6-7,9-10H,4-5,8,11-13H2,1-3H3,(H2,21,22,23);1H. The lowest BCUT2D eigenvalue weighted by molar-refractivity contribution is -0.274. The number of alkyl halides is 3. The first-order valence-corrected chi connectivity index (χ1v) is 10.5. The highest BCUT2D eigenvalue weighted by Gasteiger charge is 2.31. The maximum atomic E-state index is 12.5. The SMILES string of the molecule is CCNC(=NCc1ccccc1OC(F)(F)F)NCCCN(C)S(=O)(=O)CC.I. The second-order valence-electron chi connectivity index (χ2n) is 5.85. The minimum Gasteiger partial charge on any atom is -0.405 e. The molecular weight excluding hydrogens is 524 g/mol. The summed E-state index contributed by atoms with van der Waals surface area (Å²) in [6, 6.07) is 5.82. The van der Waals surface area contributed by atoms with Gasteiger partial charge in [-0.15, -0.1) is 37.1 Å². The first-order valence-electron chi connectivity index (χ1n) is 8.89. The van der Waals surface area contributed by atoms with Gasteiger partial charge >= 0.3 is 6.36 Å². The first-order chi connectivity index (χ1) is 13.1. The van der Waals surface area contributed by atoms with Gasteiger partial charge in [-0.1, -0.05) is 18.2 Å². The molecule has 0 heterocycles. The van der Waals surface area contributed by atoms with Gasteiger partial charge in [-0.25, -0.2) is 17.7 Å². The van der Waals surface area contributed by atoms with Crippen molar-refractivity contribution >= 4 is 40.0 Å². The van der Waals surface area contributed by atoms with Crippen LogP contribution in [0.1, 0.15) is 25.8 Å². The van der Waals surface area contributed by atoms with Crippen molar-refractivity contribution in [2.45, 2.75) is 33.2 Å². The molecule has 168 valence electrons. The van der Waals surface area contributed by atoms with Gasteiger partial charge in [0, 0.05) is 32.2 Å². The molecule has 0 aliphatic heterocycles. The van der Waals surface area contributed by atoms with Crippen LogP contribution >= 0.6 is 24.0 Å². The number of benzene rings is 1. The summed E-state index contributed by atoms with van der Waals surface area (Å²) < 4.78 is 66.2. The number of halogens is 4. The van der Waals surface area contributed by atoms with Gasteiger partial charge in [-0.05, 0) is 26.3 Å². The molecule has 0 aliphatic rings. The number of hydrogen-bond acceptors (Lipinski definition) is 4. The van der Waals surface area contributed by atoms with Gasteiger partial charge in [-0.3, -0.25) is 0 Å². The molecular formula is C17H28F3IN4O3S. The average Bonchev–Trinajstić information content (AvgIpc) is 2.62. The predicted octanol–water partition coefficient (Wildman–Crippen LogP) is 2.93. The Kier molecular flexibility index (Phi) is 12.5. The summed E-state index contributed by atoms with van der Waals surface area (Å²) in [5, 5.41) is 6.03. The molecule has 0 fully saturated rings. The Hall–Kier alpha value is -1.28. The number of aliphatic imine (C=N–C) groups is 1. The predicted molar refractivity (Wildman–Crippen MR) is 118 cm³/mol. The van der Waals surface area contributed by atoms with Crippen molar-refractivity contribution in [1.29, 1.82) is 0 Å². The minimum absolute atomic E-state index is 0. The van der Waals surface area contributed by atoms with Crippen molar-refractivity contribution in [2.24, 2.45) is 4.99 Å². The first kappa shape index (κ1) is 27.7. The molecule has 1 aromatic carbocycles. The zero-order valence-corrected chi connectivity index (χ0v) is 19.8. The molecule has 0 saturated carbocycles. The number of rotatable bonds is 10. The average molecular weight is 552 g/mol. The van der Waals surface area contributed by atoms with Crippen LogP contribution < -0.4 is 15.4 Å². The molecule has 0 radical (unpaired) electrons.